The van der Waals surface area contributed by atoms with Crippen molar-refractivity contribution in [3.8, 4) is 0 Å². The van der Waals surface area contributed by atoms with Gasteiger partial charge in [-0.25, -0.2) is 4.98 Å². The predicted molar refractivity (Wildman–Crippen MR) is 172 cm³/mol. The summed E-state index contributed by atoms with van der Waals surface area (Å²) in [6.07, 6.45) is 28.3. The Labute approximate surface area is 255 Å². The molecule has 0 bridgehead atoms. The van der Waals surface area contributed by atoms with E-state index in [0.717, 1.165) is 43.4 Å². The minimum Gasteiger partial charge on any atom is -0.375 e. The van der Waals surface area contributed by atoms with E-state index in [1.54, 1.807) is 11.9 Å². The Bertz CT molecular complexity index is 975. The first kappa shape index (κ1) is 33.8. The lowest BCUT2D eigenvalue weighted by molar-refractivity contribution is -0.120. The van der Waals surface area contributed by atoms with E-state index in [9.17, 15) is 4.79 Å². The molecule has 0 radical (unpaired) electrons. The van der Waals surface area contributed by atoms with E-state index in [-0.39, 0.29) is 0 Å². The lowest BCUT2D eigenvalue weighted by Gasteiger charge is -2.26. The maximum absolute atomic E-state index is 10.6. The Morgan fingerprint density at radius 3 is 1.98 bits per heavy atom. The summed E-state index contributed by atoms with van der Waals surface area (Å²) in [7, 11) is 0. The largest absolute Gasteiger partial charge is 0.375 e. The fraction of sp³-hybridized carbons (Fsp3) is 0.686. The van der Waals surface area contributed by atoms with E-state index in [1.807, 2.05) is 12.4 Å². The van der Waals surface area contributed by atoms with Crippen molar-refractivity contribution in [1.82, 2.24) is 30.4 Å². The first-order valence-corrected chi connectivity index (χ1v) is 16.7. The van der Waals surface area contributed by atoms with Gasteiger partial charge < -0.3 is 10.2 Å². The van der Waals surface area contributed by atoms with E-state index in [4.69, 9.17) is 0 Å². The quantitative estimate of drug-likeness (QED) is 0.391. The summed E-state index contributed by atoms with van der Waals surface area (Å²) in [6, 6.07) is 2.15. The molecule has 2 atom stereocenters. The molecule has 5 aliphatic rings. The Morgan fingerprint density at radius 1 is 0.738 bits per heavy atom. The topological polar surface area (TPSA) is 83.9 Å². The van der Waals surface area contributed by atoms with Crippen LogP contribution in [0.2, 0.25) is 0 Å². The van der Waals surface area contributed by atoms with Crippen LogP contribution >= 0.6 is 0 Å². The van der Waals surface area contributed by atoms with Crippen molar-refractivity contribution in [3.05, 3.63) is 60.1 Å². The van der Waals surface area contributed by atoms with Crippen LogP contribution in [0.25, 0.3) is 0 Å². The van der Waals surface area contributed by atoms with E-state index in [0.29, 0.717) is 5.78 Å². The minimum absolute atomic E-state index is 0.461. The zero-order valence-electron chi connectivity index (χ0n) is 26.6. The van der Waals surface area contributed by atoms with Crippen molar-refractivity contribution in [2.45, 2.75) is 111 Å². The predicted octanol–water partition coefficient (Wildman–Crippen LogP) is 7.00. The second-order valence-electron chi connectivity index (χ2n) is 12.7. The van der Waals surface area contributed by atoms with Gasteiger partial charge in [-0.05, 0) is 125 Å². The molecule has 2 aromatic heterocycles. The number of hydrogen-bond acceptors (Lipinski definition) is 7. The number of allylic oxidation sites excluding steroid dienone is 2. The van der Waals surface area contributed by atoms with Gasteiger partial charge in [-0.1, -0.05) is 26.8 Å². The van der Waals surface area contributed by atoms with Crippen molar-refractivity contribution in [1.29, 1.82) is 0 Å². The van der Waals surface area contributed by atoms with Gasteiger partial charge in [0.2, 0.25) is 0 Å². The number of ketones is 1. The summed E-state index contributed by atoms with van der Waals surface area (Å²) in [4.78, 5) is 20.9. The molecule has 7 heteroatoms. The van der Waals surface area contributed by atoms with Crippen LogP contribution in [-0.4, -0.2) is 57.0 Å². The molecule has 0 spiro atoms. The number of hydrogen-bond donors (Lipinski definition) is 1. The van der Waals surface area contributed by atoms with Crippen molar-refractivity contribution >= 4 is 5.78 Å². The monoisotopic (exact) mass is 576 g/mol. The summed E-state index contributed by atoms with van der Waals surface area (Å²) in [5, 5.41) is 10.1. The number of nitrogens with one attached hydrogen (secondary N) is 1. The smallest absolute Gasteiger partial charge is 0.138 e. The van der Waals surface area contributed by atoms with Gasteiger partial charge in [0, 0.05) is 50.2 Å². The number of fused-ring (bicyclic) bond motifs is 1. The number of rotatable bonds is 1. The Morgan fingerprint density at radius 2 is 1.45 bits per heavy atom. The van der Waals surface area contributed by atoms with Crippen molar-refractivity contribution in [3.63, 3.8) is 0 Å². The number of aryl methyl sites for hydroxylation is 1. The summed E-state index contributed by atoms with van der Waals surface area (Å²) < 4.78 is 0. The maximum Gasteiger partial charge on any atom is 0.138 e. The normalized spacial score (nSPS) is 23.3. The van der Waals surface area contributed by atoms with E-state index >= 15 is 0 Å². The summed E-state index contributed by atoms with van der Waals surface area (Å²) in [5.74, 6) is 3.04. The average molecular weight is 577 g/mol. The van der Waals surface area contributed by atoms with Gasteiger partial charge in [0.25, 0.3) is 0 Å². The standard InChI is InChI=1S/C11H19N.C10H13N.C7H12O.C4H9N.C3H3N3/c1-10-4-6-11(7-5-10)12-8-2-3-9-12;1-8-2-3-9-4-5-11-7-10(9)6-8;1-6-2-4-7(8)5-3-6;1-2-4-5-3-1;1-2-5-6-3-4-1/h6,10H,2-5,7-9H2,1H3;4-5,7-8H,2-3,6H2,1H3;6H,2-5H2,1H3;5H,1-4H2;1-3H. The fourth-order valence-electron chi connectivity index (χ4n) is 5.92. The molecule has 42 heavy (non-hydrogen) atoms. The summed E-state index contributed by atoms with van der Waals surface area (Å²) in [5.41, 5.74) is 4.62. The first-order chi connectivity index (χ1) is 20.5. The van der Waals surface area contributed by atoms with E-state index in [1.165, 1.54) is 114 Å². The van der Waals surface area contributed by atoms with Crippen LogP contribution in [0.3, 0.4) is 0 Å². The molecule has 7 rings (SSSR count). The van der Waals surface area contributed by atoms with Gasteiger partial charge in [-0.3, -0.25) is 9.78 Å². The van der Waals surface area contributed by atoms with E-state index in [2.05, 4.69) is 63.3 Å². The molecule has 2 unspecified atom stereocenters. The summed E-state index contributed by atoms with van der Waals surface area (Å²) >= 11 is 0. The van der Waals surface area contributed by atoms with Crippen LogP contribution in [0.4, 0.5) is 0 Å². The van der Waals surface area contributed by atoms with Crippen LogP contribution in [0.15, 0.2) is 49.0 Å². The van der Waals surface area contributed by atoms with Crippen LogP contribution in [-0.2, 0) is 17.6 Å². The highest BCUT2D eigenvalue weighted by Gasteiger charge is 2.18. The number of pyridine rings is 1. The maximum atomic E-state index is 10.6. The highest BCUT2D eigenvalue weighted by Crippen LogP contribution is 2.27. The first-order valence-electron chi connectivity index (χ1n) is 16.7. The Balaban J connectivity index is 0.000000149. The third-order valence-electron chi connectivity index (χ3n) is 8.83. The minimum atomic E-state index is 0.461. The van der Waals surface area contributed by atoms with Gasteiger partial charge in [0.1, 0.15) is 12.1 Å². The molecule has 2 aromatic rings. The Kier molecular flexibility index (Phi) is 16.3. The van der Waals surface area contributed by atoms with Crippen LogP contribution in [0.5, 0.6) is 0 Å². The molecule has 4 heterocycles. The van der Waals surface area contributed by atoms with Crippen molar-refractivity contribution < 1.29 is 4.79 Å². The zero-order chi connectivity index (χ0) is 29.8. The van der Waals surface area contributed by atoms with Crippen LogP contribution < -0.4 is 5.32 Å². The molecule has 1 saturated carbocycles. The summed E-state index contributed by atoms with van der Waals surface area (Å²) in [6.45, 7) is 12.0. The molecular formula is C35H56N6O. The molecule has 7 nitrogen and oxygen atoms in total. The van der Waals surface area contributed by atoms with Gasteiger partial charge in [0.15, 0.2) is 0 Å². The lowest BCUT2D eigenvalue weighted by Crippen LogP contribution is -2.21. The molecular weight excluding hydrogens is 520 g/mol. The zero-order valence-corrected chi connectivity index (χ0v) is 26.6. The van der Waals surface area contributed by atoms with Crippen LogP contribution in [0.1, 0.15) is 109 Å². The highest BCUT2D eigenvalue weighted by atomic mass is 16.1. The Hall–Kier alpha value is -2.67. The molecule has 3 aliphatic carbocycles. The highest BCUT2D eigenvalue weighted by molar-refractivity contribution is 5.78. The lowest BCUT2D eigenvalue weighted by atomic mass is 9.86. The third-order valence-corrected chi connectivity index (χ3v) is 8.83. The third kappa shape index (κ3) is 14.0. The molecule has 232 valence electrons. The van der Waals surface area contributed by atoms with Gasteiger partial charge >= 0.3 is 0 Å². The molecule has 3 fully saturated rings. The number of carbonyl (C=O) groups is 1. The number of aromatic nitrogens is 4. The molecule has 0 aromatic carbocycles. The van der Waals surface area contributed by atoms with Crippen molar-refractivity contribution in [2.75, 3.05) is 26.2 Å². The van der Waals surface area contributed by atoms with Gasteiger partial charge in [0.05, 0.1) is 6.20 Å². The number of carbonyl (C=O) groups excluding carboxylic acids is 1. The van der Waals surface area contributed by atoms with E-state index < -0.39 is 0 Å². The molecule has 0 amide bonds. The molecule has 2 saturated heterocycles. The van der Waals surface area contributed by atoms with Crippen molar-refractivity contribution in [2.24, 2.45) is 17.8 Å². The molecule has 1 N–H and O–H groups in total. The number of Topliss-reactive ketones (excluding diaryl/α,β-unsaturated/α-hetero) is 1. The van der Waals surface area contributed by atoms with Gasteiger partial charge in [-0.2, -0.15) is 5.10 Å². The molecule has 2 aliphatic heterocycles. The number of likely N-dealkylation sites (tertiary alicyclic amines) is 1. The second kappa shape index (κ2) is 20.3. The fourth-order valence-corrected chi connectivity index (χ4v) is 5.92. The van der Waals surface area contributed by atoms with Gasteiger partial charge in [-0.15, -0.1) is 5.10 Å². The average Bonchev–Trinajstić information content (AvgIpc) is 3.79. The SMILES string of the molecule is C1CCNC1.CC1CC=C(N2CCCC2)CC1.CC1CCC(=O)CC1.CC1CCc2ccncc2C1.c1cnncn1. The van der Waals surface area contributed by atoms with Crippen LogP contribution in [0, 0.1) is 17.8 Å². The number of nitrogens with zero attached hydrogens (tertiary/aromatic N) is 5. The second-order valence-corrected chi connectivity index (χ2v) is 12.7.